The number of hydrogen-bond acceptors (Lipinski definition) is 5. The van der Waals surface area contributed by atoms with Gasteiger partial charge in [-0.1, -0.05) is 19.1 Å². The fraction of sp³-hybridized carbons (Fsp3) is 0.241. The minimum absolute atomic E-state index is 0.0867. The number of para-hydroxylation sites is 1. The zero-order valence-electron chi connectivity index (χ0n) is 21.0. The van der Waals surface area contributed by atoms with E-state index in [9.17, 15) is 4.79 Å². The highest BCUT2D eigenvalue weighted by Gasteiger charge is 2.12. The van der Waals surface area contributed by atoms with Crippen molar-refractivity contribution in [3.8, 4) is 17.2 Å². The van der Waals surface area contributed by atoms with Crippen LogP contribution >= 0.6 is 0 Å². The molecule has 2 aromatic carbocycles. The molecule has 0 spiro atoms. The minimum atomic E-state index is -0.445. The van der Waals surface area contributed by atoms with Crippen LogP contribution in [0.25, 0.3) is 5.69 Å². The van der Waals surface area contributed by atoms with E-state index in [1.807, 2.05) is 55.5 Å². The number of carbonyl (C=O) groups excluding carboxylic acids is 1. The summed E-state index contributed by atoms with van der Waals surface area (Å²) in [7, 11) is 0. The Bertz CT molecular complexity index is 1320. The van der Waals surface area contributed by atoms with Crippen LogP contribution in [0.15, 0.2) is 82.3 Å². The smallest absolute Gasteiger partial charge is 0.307 e. The number of aryl methyl sites for hydroxylation is 2. The maximum atomic E-state index is 12.4. The molecular weight excluding hydrogens is 454 g/mol. The van der Waals surface area contributed by atoms with Crippen LogP contribution in [0.4, 0.5) is 0 Å². The molecule has 1 amide bonds. The summed E-state index contributed by atoms with van der Waals surface area (Å²) >= 11 is 0. The summed E-state index contributed by atoms with van der Waals surface area (Å²) in [4.78, 5) is 12.4. The monoisotopic (exact) mass is 485 g/mol. The number of nitrogens with zero attached hydrogens (tertiary/aromatic N) is 2. The molecule has 2 heterocycles. The van der Waals surface area contributed by atoms with Crippen molar-refractivity contribution in [2.24, 2.45) is 5.10 Å². The van der Waals surface area contributed by atoms with Crippen LogP contribution < -0.4 is 14.9 Å². The zero-order chi connectivity index (χ0) is 25.5. The first kappa shape index (κ1) is 24.9. The maximum absolute atomic E-state index is 12.4. The molecular formula is C29H31N3O4. The highest BCUT2D eigenvalue weighted by atomic mass is 16.5. The molecule has 0 fully saturated rings. The number of ether oxygens (including phenoxy) is 2. The van der Waals surface area contributed by atoms with E-state index >= 15 is 0 Å². The third kappa shape index (κ3) is 6.05. The van der Waals surface area contributed by atoms with Gasteiger partial charge in [0.05, 0.1) is 12.3 Å². The van der Waals surface area contributed by atoms with Gasteiger partial charge < -0.3 is 18.5 Å². The summed E-state index contributed by atoms with van der Waals surface area (Å²) in [5.41, 5.74) is 6.70. The van der Waals surface area contributed by atoms with Crippen molar-refractivity contribution in [1.82, 2.24) is 9.99 Å². The van der Waals surface area contributed by atoms with Gasteiger partial charge in [-0.25, -0.2) is 5.43 Å². The molecule has 7 nitrogen and oxygen atoms in total. The Morgan fingerprint density at radius 3 is 2.47 bits per heavy atom. The molecule has 4 aromatic rings. The van der Waals surface area contributed by atoms with Crippen molar-refractivity contribution in [3.05, 3.63) is 101 Å². The van der Waals surface area contributed by atoms with Crippen LogP contribution in [0.3, 0.4) is 0 Å². The molecule has 2 aromatic heterocycles. The first-order valence-corrected chi connectivity index (χ1v) is 12.0. The molecule has 186 valence electrons. The van der Waals surface area contributed by atoms with Crippen LogP contribution in [-0.2, 0) is 6.61 Å². The molecule has 0 aliphatic heterocycles. The van der Waals surface area contributed by atoms with Gasteiger partial charge in [-0.2, -0.15) is 5.10 Å². The number of benzene rings is 2. The Kier molecular flexibility index (Phi) is 7.90. The highest BCUT2D eigenvalue weighted by Crippen LogP contribution is 2.21. The summed E-state index contributed by atoms with van der Waals surface area (Å²) in [6.45, 7) is 8.43. The number of nitrogens with one attached hydrogen (secondary N) is 1. The van der Waals surface area contributed by atoms with Crippen molar-refractivity contribution in [3.63, 3.8) is 0 Å². The lowest BCUT2D eigenvalue weighted by Gasteiger charge is -2.14. The molecule has 0 saturated heterocycles. The summed E-state index contributed by atoms with van der Waals surface area (Å²) in [5.74, 6) is 1.68. The van der Waals surface area contributed by atoms with E-state index in [0.29, 0.717) is 17.3 Å². The standard InChI is InChI=1S/C29H31N3O4/c1-5-22(4)35-27-9-7-6-8-23(27)18-30-31-29(33)28-17-16-26(36-28)19-34-25-14-12-24(13-15-25)32-20(2)10-11-21(32)3/h6-18,22H,5,19H2,1-4H3,(H,31,33)/b30-18+/t22-/m0/s1. The van der Waals surface area contributed by atoms with Crippen molar-refractivity contribution < 1.29 is 18.7 Å². The lowest BCUT2D eigenvalue weighted by Crippen LogP contribution is -2.17. The Morgan fingerprint density at radius 1 is 1.03 bits per heavy atom. The lowest BCUT2D eigenvalue weighted by atomic mass is 10.2. The Hall–Kier alpha value is -4.26. The van der Waals surface area contributed by atoms with Gasteiger partial charge in [0.2, 0.25) is 0 Å². The van der Waals surface area contributed by atoms with E-state index in [4.69, 9.17) is 13.9 Å². The average molecular weight is 486 g/mol. The fourth-order valence-electron chi connectivity index (χ4n) is 3.71. The van der Waals surface area contributed by atoms with Gasteiger partial charge >= 0.3 is 5.91 Å². The van der Waals surface area contributed by atoms with Gasteiger partial charge in [0.25, 0.3) is 0 Å². The number of rotatable bonds is 10. The van der Waals surface area contributed by atoms with E-state index in [2.05, 4.69) is 48.0 Å². The van der Waals surface area contributed by atoms with Gasteiger partial charge in [0.1, 0.15) is 23.9 Å². The zero-order valence-corrected chi connectivity index (χ0v) is 21.0. The molecule has 0 radical (unpaired) electrons. The maximum Gasteiger partial charge on any atom is 0.307 e. The predicted molar refractivity (Wildman–Crippen MR) is 140 cm³/mol. The molecule has 0 unspecified atom stereocenters. The summed E-state index contributed by atoms with van der Waals surface area (Å²) in [5, 5.41) is 4.06. The van der Waals surface area contributed by atoms with Gasteiger partial charge in [0, 0.05) is 22.6 Å². The topological polar surface area (TPSA) is 78.0 Å². The second-order valence-electron chi connectivity index (χ2n) is 8.57. The van der Waals surface area contributed by atoms with Gasteiger partial charge in [-0.3, -0.25) is 4.79 Å². The molecule has 36 heavy (non-hydrogen) atoms. The number of furan rings is 1. The molecule has 0 saturated carbocycles. The Labute approximate surface area is 211 Å². The molecule has 1 N–H and O–H groups in total. The number of hydrazone groups is 1. The van der Waals surface area contributed by atoms with Crippen LogP contribution in [0.5, 0.6) is 11.5 Å². The third-order valence-corrected chi connectivity index (χ3v) is 5.82. The van der Waals surface area contributed by atoms with Crippen molar-refractivity contribution in [2.75, 3.05) is 0 Å². The van der Waals surface area contributed by atoms with Crippen molar-refractivity contribution >= 4 is 12.1 Å². The van der Waals surface area contributed by atoms with Crippen LogP contribution in [0, 0.1) is 13.8 Å². The molecule has 1 atom stereocenters. The van der Waals surface area contributed by atoms with E-state index in [0.717, 1.165) is 17.7 Å². The second-order valence-corrected chi connectivity index (χ2v) is 8.57. The van der Waals surface area contributed by atoms with Gasteiger partial charge in [-0.15, -0.1) is 0 Å². The first-order chi connectivity index (χ1) is 17.4. The first-order valence-electron chi connectivity index (χ1n) is 12.0. The van der Waals surface area contributed by atoms with Gasteiger partial charge in [0.15, 0.2) is 5.76 Å². The van der Waals surface area contributed by atoms with Gasteiger partial charge in [-0.05, 0) is 87.9 Å². The van der Waals surface area contributed by atoms with E-state index in [1.165, 1.54) is 11.4 Å². The van der Waals surface area contributed by atoms with E-state index in [-0.39, 0.29) is 18.5 Å². The van der Waals surface area contributed by atoms with E-state index in [1.54, 1.807) is 18.3 Å². The summed E-state index contributed by atoms with van der Waals surface area (Å²) in [6, 6.07) is 22.9. The molecule has 0 aliphatic rings. The van der Waals surface area contributed by atoms with E-state index < -0.39 is 5.91 Å². The molecule has 7 heteroatoms. The number of aromatic nitrogens is 1. The van der Waals surface area contributed by atoms with Crippen molar-refractivity contribution in [1.29, 1.82) is 0 Å². The predicted octanol–water partition coefficient (Wildman–Crippen LogP) is 6.21. The molecule has 4 rings (SSSR count). The number of carbonyl (C=O) groups is 1. The minimum Gasteiger partial charge on any atom is -0.490 e. The molecule has 0 bridgehead atoms. The molecule has 0 aliphatic carbocycles. The normalized spacial score (nSPS) is 12.0. The number of amides is 1. The SMILES string of the molecule is CC[C@H](C)Oc1ccccc1/C=N/NC(=O)c1ccc(COc2ccc(-n3c(C)ccc3C)cc2)o1. The van der Waals surface area contributed by atoms with Crippen LogP contribution in [0.2, 0.25) is 0 Å². The lowest BCUT2D eigenvalue weighted by molar-refractivity contribution is 0.0923. The Balaban J connectivity index is 1.31. The highest BCUT2D eigenvalue weighted by molar-refractivity contribution is 5.92. The summed E-state index contributed by atoms with van der Waals surface area (Å²) < 4.78 is 19.6. The average Bonchev–Trinajstić information content (AvgIpc) is 3.50. The van der Waals surface area contributed by atoms with Crippen LogP contribution in [0.1, 0.15) is 53.5 Å². The van der Waals surface area contributed by atoms with Crippen molar-refractivity contribution in [2.45, 2.75) is 46.8 Å². The summed E-state index contributed by atoms with van der Waals surface area (Å²) in [6.07, 6.45) is 2.54. The largest absolute Gasteiger partial charge is 0.490 e. The van der Waals surface area contributed by atoms with Crippen LogP contribution in [-0.4, -0.2) is 22.8 Å². The number of hydrogen-bond donors (Lipinski definition) is 1. The Morgan fingerprint density at radius 2 is 1.75 bits per heavy atom. The quantitative estimate of drug-likeness (QED) is 0.214. The fourth-order valence-corrected chi connectivity index (χ4v) is 3.71. The third-order valence-electron chi connectivity index (χ3n) is 5.82. The second kappa shape index (κ2) is 11.4.